The zero-order valence-electron chi connectivity index (χ0n) is 5.31. The molecule has 0 unspecified atom stereocenters. The number of ether oxygens (including phenoxy) is 1. The number of hydrogen-bond acceptors (Lipinski definition) is 1. The lowest BCUT2D eigenvalue weighted by atomic mass is 10.5. The Labute approximate surface area is 50.3 Å². The summed E-state index contributed by atoms with van der Waals surface area (Å²) in [6.45, 7) is 3.68. The fraction of sp³-hybridized carbons (Fsp3) is 0.714. The van der Waals surface area contributed by atoms with Crippen LogP contribution in [-0.4, -0.2) is 13.2 Å². The maximum Gasteiger partial charge on any atom is 0.0649 e. The highest BCUT2D eigenvalue weighted by Crippen LogP contribution is 2.26. The topological polar surface area (TPSA) is 9.23 Å². The molecule has 0 atom stereocenters. The van der Waals surface area contributed by atoms with Gasteiger partial charge in [-0.05, 0) is 19.8 Å². The molecule has 0 aromatic heterocycles. The third kappa shape index (κ3) is 2.12. The standard InChI is InChI=1S/C7H12O/c1-2-8-6-5-7-3-4-7/h5H,2-4,6H2,1H3. The van der Waals surface area contributed by atoms with E-state index in [9.17, 15) is 0 Å². The Morgan fingerprint density at radius 1 is 1.62 bits per heavy atom. The van der Waals surface area contributed by atoms with Crippen LogP contribution in [0.15, 0.2) is 11.6 Å². The van der Waals surface area contributed by atoms with Crippen LogP contribution >= 0.6 is 0 Å². The van der Waals surface area contributed by atoms with Crippen LogP contribution in [0.3, 0.4) is 0 Å². The summed E-state index contributed by atoms with van der Waals surface area (Å²) < 4.78 is 5.11. The van der Waals surface area contributed by atoms with E-state index in [0.29, 0.717) is 0 Å². The third-order valence-corrected chi connectivity index (χ3v) is 1.23. The molecular weight excluding hydrogens is 100 g/mol. The predicted molar refractivity (Wildman–Crippen MR) is 33.8 cm³/mol. The monoisotopic (exact) mass is 112 g/mol. The van der Waals surface area contributed by atoms with Gasteiger partial charge in [0.1, 0.15) is 0 Å². The van der Waals surface area contributed by atoms with E-state index in [1.54, 1.807) is 5.57 Å². The lowest BCUT2D eigenvalue weighted by Gasteiger charge is -1.90. The Kier molecular flexibility index (Phi) is 2.10. The first kappa shape index (κ1) is 5.83. The number of rotatable bonds is 3. The molecule has 0 aromatic carbocycles. The summed E-state index contributed by atoms with van der Waals surface area (Å²) in [7, 11) is 0. The predicted octanol–water partition coefficient (Wildman–Crippen LogP) is 1.74. The van der Waals surface area contributed by atoms with Crippen molar-refractivity contribution < 1.29 is 4.74 Å². The molecule has 0 heterocycles. The van der Waals surface area contributed by atoms with Crippen molar-refractivity contribution in [2.75, 3.05) is 13.2 Å². The van der Waals surface area contributed by atoms with E-state index in [0.717, 1.165) is 13.2 Å². The highest BCUT2D eigenvalue weighted by atomic mass is 16.5. The molecule has 1 nitrogen and oxygen atoms in total. The average Bonchev–Trinajstić information content (AvgIpc) is 2.51. The summed E-state index contributed by atoms with van der Waals surface area (Å²) in [6, 6.07) is 0. The van der Waals surface area contributed by atoms with Crippen molar-refractivity contribution in [3.8, 4) is 0 Å². The molecule has 0 spiro atoms. The Balaban J connectivity index is 1.95. The maximum atomic E-state index is 5.11. The van der Waals surface area contributed by atoms with Gasteiger partial charge >= 0.3 is 0 Å². The third-order valence-electron chi connectivity index (χ3n) is 1.23. The molecule has 1 heteroatoms. The largest absolute Gasteiger partial charge is 0.378 e. The summed E-state index contributed by atoms with van der Waals surface area (Å²) >= 11 is 0. The summed E-state index contributed by atoms with van der Waals surface area (Å²) in [4.78, 5) is 0. The number of hydrogen-bond donors (Lipinski definition) is 0. The molecule has 0 aromatic rings. The van der Waals surface area contributed by atoms with Crippen LogP contribution in [0, 0.1) is 0 Å². The molecule has 0 saturated heterocycles. The first-order chi connectivity index (χ1) is 3.93. The van der Waals surface area contributed by atoms with E-state index in [1.807, 2.05) is 6.92 Å². The molecule has 1 aliphatic rings. The fourth-order valence-corrected chi connectivity index (χ4v) is 0.571. The quantitative estimate of drug-likeness (QED) is 0.399. The smallest absolute Gasteiger partial charge is 0.0649 e. The van der Waals surface area contributed by atoms with E-state index in [2.05, 4.69) is 6.08 Å². The highest BCUT2D eigenvalue weighted by molar-refractivity contribution is 5.15. The second kappa shape index (κ2) is 2.88. The van der Waals surface area contributed by atoms with Gasteiger partial charge in [0, 0.05) is 6.61 Å². The van der Waals surface area contributed by atoms with Crippen molar-refractivity contribution >= 4 is 0 Å². The van der Waals surface area contributed by atoms with Crippen LogP contribution in [-0.2, 0) is 4.74 Å². The Morgan fingerprint density at radius 3 is 2.88 bits per heavy atom. The Morgan fingerprint density at radius 2 is 2.38 bits per heavy atom. The van der Waals surface area contributed by atoms with E-state index in [4.69, 9.17) is 4.74 Å². The normalized spacial score (nSPS) is 16.4. The fourth-order valence-electron chi connectivity index (χ4n) is 0.571. The van der Waals surface area contributed by atoms with E-state index in [-0.39, 0.29) is 0 Å². The van der Waals surface area contributed by atoms with Gasteiger partial charge in [-0.1, -0.05) is 11.6 Å². The Hall–Kier alpha value is -0.300. The van der Waals surface area contributed by atoms with Crippen LogP contribution in [0.2, 0.25) is 0 Å². The van der Waals surface area contributed by atoms with Crippen molar-refractivity contribution in [1.82, 2.24) is 0 Å². The van der Waals surface area contributed by atoms with Crippen molar-refractivity contribution in [1.29, 1.82) is 0 Å². The summed E-state index contributed by atoms with van der Waals surface area (Å²) in [6.07, 6.45) is 4.81. The van der Waals surface area contributed by atoms with Gasteiger partial charge in [-0.2, -0.15) is 0 Å². The number of allylic oxidation sites excluding steroid dienone is 1. The molecule has 1 saturated carbocycles. The molecule has 0 amide bonds. The highest BCUT2D eigenvalue weighted by Gasteiger charge is 2.08. The summed E-state index contributed by atoms with van der Waals surface area (Å²) in [5.41, 5.74) is 1.57. The lowest BCUT2D eigenvalue weighted by molar-refractivity contribution is 0.177. The first-order valence-electron chi connectivity index (χ1n) is 3.19. The Bertz CT molecular complexity index is 88.6. The van der Waals surface area contributed by atoms with E-state index in [1.165, 1.54) is 12.8 Å². The first-order valence-corrected chi connectivity index (χ1v) is 3.19. The average molecular weight is 112 g/mol. The summed E-state index contributed by atoms with van der Waals surface area (Å²) in [5.74, 6) is 0. The van der Waals surface area contributed by atoms with Crippen molar-refractivity contribution in [2.24, 2.45) is 0 Å². The SMILES string of the molecule is CCOCC=C1CC1. The van der Waals surface area contributed by atoms with Gasteiger partial charge in [-0.15, -0.1) is 0 Å². The minimum atomic E-state index is 0.825. The molecule has 0 bridgehead atoms. The zero-order valence-corrected chi connectivity index (χ0v) is 5.31. The van der Waals surface area contributed by atoms with Crippen molar-refractivity contribution in [3.05, 3.63) is 11.6 Å². The van der Waals surface area contributed by atoms with Gasteiger partial charge in [0.2, 0.25) is 0 Å². The van der Waals surface area contributed by atoms with E-state index < -0.39 is 0 Å². The second-order valence-electron chi connectivity index (χ2n) is 2.02. The van der Waals surface area contributed by atoms with E-state index >= 15 is 0 Å². The van der Waals surface area contributed by atoms with Crippen molar-refractivity contribution in [3.63, 3.8) is 0 Å². The van der Waals surface area contributed by atoms with Gasteiger partial charge in [0.25, 0.3) is 0 Å². The van der Waals surface area contributed by atoms with Crippen LogP contribution in [0.25, 0.3) is 0 Å². The molecule has 0 aliphatic heterocycles. The minimum Gasteiger partial charge on any atom is -0.378 e. The van der Waals surface area contributed by atoms with Crippen molar-refractivity contribution in [2.45, 2.75) is 19.8 Å². The molecule has 8 heavy (non-hydrogen) atoms. The van der Waals surface area contributed by atoms with Crippen LogP contribution in [0.1, 0.15) is 19.8 Å². The van der Waals surface area contributed by atoms with Gasteiger partial charge in [-0.3, -0.25) is 0 Å². The molecule has 1 rings (SSSR count). The maximum absolute atomic E-state index is 5.11. The molecular formula is C7H12O. The van der Waals surface area contributed by atoms with Gasteiger partial charge in [-0.25, -0.2) is 0 Å². The molecule has 0 N–H and O–H groups in total. The molecule has 0 radical (unpaired) electrons. The zero-order chi connectivity index (χ0) is 5.82. The summed E-state index contributed by atoms with van der Waals surface area (Å²) in [5, 5.41) is 0. The molecule has 46 valence electrons. The van der Waals surface area contributed by atoms with Crippen LogP contribution in [0.5, 0.6) is 0 Å². The lowest BCUT2D eigenvalue weighted by Crippen LogP contribution is -1.87. The molecule has 1 aliphatic carbocycles. The van der Waals surface area contributed by atoms with Crippen LogP contribution in [0.4, 0.5) is 0 Å². The minimum absolute atomic E-state index is 0.825. The van der Waals surface area contributed by atoms with Crippen LogP contribution < -0.4 is 0 Å². The van der Waals surface area contributed by atoms with Gasteiger partial charge in [0.15, 0.2) is 0 Å². The molecule has 1 fully saturated rings. The second-order valence-corrected chi connectivity index (χ2v) is 2.02. The van der Waals surface area contributed by atoms with Gasteiger partial charge < -0.3 is 4.74 Å². The van der Waals surface area contributed by atoms with Gasteiger partial charge in [0.05, 0.1) is 6.61 Å².